The minimum atomic E-state index is -0.229. The second-order valence-electron chi connectivity index (χ2n) is 9.41. The molecule has 6 heteroatoms. The summed E-state index contributed by atoms with van der Waals surface area (Å²) < 4.78 is 5.21. The number of methoxy groups -OCH3 is 1. The second kappa shape index (κ2) is 10.4. The highest BCUT2D eigenvalue weighted by molar-refractivity contribution is 6.23. The number of piperazine rings is 1. The lowest BCUT2D eigenvalue weighted by molar-refractivity contribution is 0.0642. The maximum Gasteiger partial charge on any atom is 0.263 e. The third kappa shape index (κ3) is 4.90. The van der Waals surface area contributed by atoms with E-state index in [4.69, 9.17) is 4.74 Å². The Kier molecular flexibility index (Phi) is 6.87. The number of carbonyl (C=O) groups excluding carboxylic acids is 2. The Morgan fingerprint density at radius 3 is 2.28 bits per heavy atom. The lowest BCUT2D eigenvalue weighted by Crippen LogP contribution is -2.47. The SMILES string of the molecule is COc1ccc(CN2C(=O)c3cccc(N4CCN(CC(C)=Cc5ccccc5)CC4)c3C2=O)cc1. The van der Waals surface area contributed by atoms with Gasteiger partial charge in [0.25, 0.3) is 11.8 Å². The third-order valence-corrected chi connectivity index (χ3v) is 6.88. The molecule has 3 aromatic rings. The van der Waals surface area contributed by atoms with Crippen LogP contribution in [0.4, 0.5) is 5.69 Å². The quantitative estimate of drug-likeness (QED) is 0.457. The summed E-state index contributed by atoms with van der Waals surface area (Å²) in [5, 5.41) is 0. The molecular weight excluding hydrogens is 450 g/mol. The highest BCUT2D eigenvalue weighted by Gasteiger charge is 2.38. The van der Waals surface area contributed by atoms with Crippen LogP contribution in [0, 0.1) is 0 Å². The van der Waals surface area contributed by atoms with Crippen molar-refractivity contribution in [1.82, 2.24) is 9.80 Å². The zero-order valence-electron chi connectivity index (χ0n) is 20.8. The van der Waals surface area contributed by atoms with Crippen LogP contribution in [0.3, 0.4) is 0 Å². The van der Waals surface area contributed by atoms with Crippen molar-refractivity contribution in [2.45, 2.75) is 13.5 Å². The molecule has 0 N–H and O–H groups in total. The molecule has 2 amide bonds. The molecule has 1 fully saturated rings. The Labute approximate surface area is 212 Å². The summed E-state index contributed by atoms with van der Waals surface area (Å²) >= 11 is 0. The average molecular weight is 482 g/mol. The van der Waals surface area contributed by atoms with Gasteiger partial charge in [-0.15, -0.1) is 0 Å². The zero-order chi connectivity index (χ0) is 25.1. The van der Waals surface area contributed by atoms with Gasteiger partial charge in [-0.25, -0.2) is 0 Å². The van der Waals surface area contributed by atoms with Crippen LogP contribution < -0.4 is 9.64 Å². The first-order chi connectivity index (χ1) is 17.5. The van der Waals surface area contributed by atoms with Gasteiger partial charge in [0.15, 0.2) is 0 Å². The van der Waals surface area contributed by atoms with Gasteiger partial charge in [0, 0.05) is 32.7 Å². The molecule has 0 unspecified atom stereocenters. The molecule has 0 radical (unpaired) electrons. The van der Waals surface area contributed by atoms with E-state index in [0.29, 0.717) is 11.1 Å². The number of benzene rings is 3. The molecule has 2 heterocycles. The van der Waals surface area contributed by atoms with Gasteiger partial charge in [-0.05, 0) is 42.3 Å². The molecule has 184 valence electrons. The lowest BCUT2D eigenvalue weighted by atomic mass is 10.1. The van der Waals surface area contributed by atoms with Crippen LogP contribution in [0.5, 0.6) is 5.75 Å². The van der Waals surface area contributed by atoms with Gasteiger partial charge in [-0.1, -0.05) is 60.2 Å². The van der Waals surface area contributed by atoms with E-state index in [1.807, 2.05) is 42.5 Å². The van der Waals surface area contributed by atoms with E-state index in [9.17, 15) is 9.59 Å². The molecule has 0 atom stereocenters. The van der Waals surface area contributed by atoms with Crippen molar-refractivity contribution in [3.05, 3.63) is 101 Å². The summed E-state index contributed by atoms with van der Waals surface area (Å²) in [5.74, 6) is 0.298. The first kappa shape index (κ1) is 23.8. The fourth-order valence-electron chi connectivity index (χ4n) is 5.02. The topological polar surface area (TPSA) is 53.1 Å². The zero-order valence-corrected chi connectivity index (χ0v) is 20.8. The molecule has 5 rings (SSSR count). The van der Waals surface area contributed by atoms with Crippen LogP contribution >= 0.6 is 0 Å². The number of anilines is 1. The van der Waals surface area contributed by atoms with Crippen LogP contribution in [-0.2, 0) is 6.54 Å². The van der Waals surface area contributed by atoms with Gasteiger partial charge in [-0.3, -0.25) is 19.4 Å². The molecule has 3 aromatic carbocycles. The fourth-order valence-corrected chi connectivity index (χ4v) is 5.02. The van der Waals surface area contributed by atoms with Crippen molar-refractivity contribution in [1.29, 1.82) is 0 Å². The molecule has 0 saturated carbocycles. The average Bonchev–Trinajstić information content (AvgIpc) is 3.15. The highest BCUT2D eigenvalue weighted by atomic mass is 16.5. The summed E-state index contributed by atoms with van der Waals surface area (Å²) in [6.45, 7) is 6.77. The van der Waals surface area contributed by atoms with Crippen LogP contribution in [0.1, 0.15) is 38.8 Å². The molecule has 0 aromatic heterocycles. The van der Waals surface area contributed by atoms with Crippen molar-refractivity contribution in [3.8, 4) is 5.75 Å². The van der Waals surface area contributed by atoms with E-state index in [-0.39, 0.29) is 18.4 Å². The van der Waals surface area contributed by atoms with Crippen molar-refractivity contribution in [3.63, 3.8) is 0 Å². The number of ether oxygens (including phenoxy) is 1. The van der Waals surface area contributed by atoms with Gasteiger partial charge in [0.1, 0.15) is 5.75 Å². The number of nitrogens with zero attached hydrogens (tertiary/aromatic N) is 3. The molecular formula is C30H31N3O3. The summed E-state index contributed by atoms with van der Waals surface area (Å²) in [6.07, 6.45) is 2.23. The smallest absolute Gasteiger partial charge is 0.263 e. The molecule has 6 nitrogen and oxygen atoms in total. The Hall–Kier alpha value is -3.90. The molecule has 0 spiro atoms. The van der Waals surface area contributed by atoms with Gasteiger partial charge in [-0.2, -0.15) is 0 Å². The number of rotatable bonds is 7. The first-order valence-electron chi connectivity index (χ1n) is 12.3. The third-order valence-electron chi connectivity index (χ3n) is 6.88. The maximum atomic E-state index is 13.4. The van der Waals surface area contributed by atoms with Crippen LogP contribution in [0.2, 0.25) is 0 Å². The number of amides is 2. The Bertz CT molecular complexity index is 1280. The van der Waals surface area contributed by atoms with E-state index in [2.05, 4.69) is 47.1 Å². The summed E-state index contributed by atoms with van der Waals surface area (Å²) in [5.41, 5.74) is 5.32. The number of imide groups is 1. The minimum Gasteiger partial charge on any atom is -0.497 e. The number of carbonyl (C=O) groups is 2. The molecule has 0 bridgehead atoms. The molecule has 2 aliphatic heterocycles. The number of hydrogen-bond acceptors (Lipinski definition) is 5. The molecule has 0 aliphatic carbocycles. The first-order valence-corrected chi connectivity index (χ1v) is 12.3. The predicted molar refractivity (Wildman–Crippen MR) is 142 cm³/mol. The lowest BCUT2D eigenvalue weighted by Gasteiger charge is -2.37. The molecule has 2 aliphatic rings. The summed E-state index contributed by atoms with van der Waals surface area (Å²) in [6, 6.07) is 23.5. The van der Waals surface area contributed by atoms with Gasteiger partial charge in [0.05, 0.1) is 30.5 Å². The Morgan fingerprint density at radius 1 is 0.861 bits per heavy atom. The van der Waals surface area contributed by atoms with Crippen molar-refractivity contribution >= 4 is 23.6 Å². The van der Waals surface area contributed by atoms with E-state index in [0.717, 1.165) is 49.7 Å². The fraction of sp³-hybridized carbons (Fsp3) is 0.267. The second-order valence-corrected chi connectivity index (χ2v) is 9.41. The van der Waals surface area contributed by atoms with E-state index in [1.165, 1.54) is 16.0 Å². The van der Waals surface area contributed by atoms with Gasteiger partial charge in [0.2, 0.25) is 0 Å². The molecule has 36 heavy (non-hydrogen) atoms. The number of fused-ring (bicyclic) bond motifs is 1. The molecule has 1 saturated heterocycles. The van der Waals surface area contributed by atoms with Crippen LogP contribution in [-0.4, -0.2) is 61.4 Å². The van der Waals surface area contributed by atoms with Crippen molar-refractivity contribution in [2.75, 3.05) is 44.7 Å². The van der Waals surface area contributed by atoms with Crippen molar-refractivity contribution in [2.24, 2.45) is 0 Å². The number of hydrogen-bond donors (Lipinski definition) is 0. The van der Waals surface area contributed by atoms with Gasteiger partial charge < -0.3 is 9.64 Å². The standard InChI is InChI=1S/C30H31N3O3/c1-22(19-23-7-4-3-5-8-23)20-31-15-17-32(18-16-31)27-10-6-9-26-28(27)30(35)33(29(26)34)21-24-11-13-25(36-2)14-12-24/h3-14,19H,15-18,20-21H2,1-2H3. The van der Waals surface area contributed by atoms with Crippen LogP contribution in [0.15, 0.2) is 78.4 Å². The van der Waals surface area contributed by atoms with E-state index < -0.39 is 0 Å². The normalized spacial score (nSPS) is 16.4. The maximum absolute atomic E-state index is 13.4. The van der Waals surface area contributed by atoms with Gasteiger partial charge >= 0.3 is 0 Å². The minimum absolute atomic E-state index is 0.217. The largest absolute Gasteiger partial charge is 0.497 e. The Balaban J connectivity index is 1.26. The van der Waals surface area contributed by atoms with E-state index >= 15 is 0 Å². The van der Waals surface area contributed by atoms with E-state index in [1.54, 1.807) is 13.2 Å². The van der Waals surface area contributed by atoms with Crippen LogP contribution in [0.25, 0.3) is 6.08 Å². The summed E-state index contributed by atoms with van der Waals surface area (Å²) in [4.78, 5) is 32.6. The highest BCUT2D eigenvalue weighted by Crippen LogP contribution is 2.33. The summed E-state index contributed by atoms with van der Waals surface area (Å²) in [7, 11) is 1.61. The Morgan fingerprint density at radius 2 is 1.58 bits per heavy atom. The monoisotopic (exact) mass is 481 g/mol. The predicted octanol–water partition coefficient (Wildman–Crippen LogP) is 4.72. The van der Waals surface area contributed by atoms with Crippen molar-refractivity contribution < 1.29 is 14.3 Å².